The fourth-order valence-corrected chi connectivity index (χ4v) is 9.32. The number of carboxylic acid groups (broad SMARTS) is 1. The van der Waals surface area contributed by atoms with Crippen molar-refractivity contribution < 1.29 is 48.6 Å². The van der Waals surface area contributed by atoms with Gasteiger partial charge in [-0.15, -0.1) is 0 Å². The molecule has 0 spiro atoms. The lowest BCUT2D eigenvalue weighted by Crippen LogP contribution is -2.61. The van der Waals surface area contributed by atoms with Crippen LogP contribution in [0, 0.1) is 0 Å². The number of nitrogens with zero attached hydrogens (tertiary/aromatic N) is 1. The molecule has 1 aliphatic rings. The van der Waals surface area contributed by atoms with Crippen LogP contribution in [0.5, 0.6) is 0 Å². The molecule has 66 heavy (non-hydrogen) atoms. The van der Waals surface area contributed by atoms with E-state index in [0.29, 0.717) is 53.6 Å². The van der Waals surface area contributed by atoms with Gasteiger partial charge in [-0.05, 0) is 117 Å². The van der Waals surface area contributed by atoms with Crippen molar-refractivity contribution in [1.82, 2.24) is 36.8 Å². The molecule has 9 atom stereocenters. The largest absolute Gasteiger partial charge is 0.480 e. The standard InChI is InChI=1S/C43H70N8O10S5/c1-26(52)35(41(58)49-33(43(60)61)25-27-11-8-7-9-12-27)50-39(56)31(17-23-65-5)47-40(57)34-13-10-19-51(34)42(59)32(18-24-66-6)48-38(55)30(16-22-64-4)46-37(54)29(15-21-63-3)45-36(53)28(44)14-20-62-2/h7-9,11-12,26,28-35,52H,10,13-25,44H2,1-6H3,(H,45,53)(H,46,54)(H,47,57)(H,48,55)(H,49,58)(H,50,56)(H,60,61)/t26-,28+,29+,30+,31+,32+,33+,34+,35+/m1/s1. The highest BCUT2D eigenvalue weighted by Crippen LogP contribution is 2.21. The van der Waals surface area contributed by atoms with Crippen molar-refractivity contribution >= 4 is 106 Å². The van der Waals surface area contributed by atoms with Crippen LogP contribution >= 0.6 is 58.8 Å². The van der Waals surface area contributed by atoms with E-state index in [1.165, 1.54) is 58.9 Å². The lowest BCUT2D eigenvalue weighted by Gasteiger charge is -2.31. The summed E-state index contributed by atoms with van der Waals surface area (Å²) in [5, 5.41) is 36.5. The molecule has 23 heteroatoms. The Kier molecular flexibility index (Phi) is 28.9. The maximum atomic E-state index is 14.4. The van der Waals surface area contributed by atoms with Crippen LogP contribution < -0.4 is 37.6 Å². The predicted molar refractivity (Wildman–Crippen MR) is 269 cm³/mol. The Balaban J connectivity index is 2.27. The van der Waals surface area contributed by atoms with E-state index in [2.05, 4.69) is 31.9 Å². The van der Waals surface area contributed by atoms with E-state index < -0.39 is 102 Å². The second kappa shape index (κ2) is 32.4. The first-order chi connectivity index (χ1) is 31.5. The molecule has 18 nitrogen and oxygen atoms in total. The zero-order valence-corrected chi connectivity index (χ0v) is 42.8. The summed E-state index contributed by atoms with van der Waals surface area (Å²) in [7, 11) is 0. The molecule has 0 saturated carbocycles. The molecule has 2 rings (SSSR count). The van der Waals surface area contributed by atoms with Crippen molar-refractivity contribution in [2.24, 2.45) is 5.73 Å². The van der Waals surface area contributed by atoms with E-state index >= 15 is 0 Å². The highest BCUT2D eigenvalue weighted by atomic mass is 32.2. The maximum absolute atomic E-state index is 14.4. The third-order valence-corrected chi connectivity index (χ3v) is 13.9. The van der Waals surface area contributed by atoms with Crippen LogP contribution in [0.1, 0.15) is 57.4 Å². The molecule has 1 aromatic rings. The van der Waals surface area contributed by atoms with Crippen LogP contribution in [0.3, 0.4) is 0 Å². The number of hydrogen-bond acceptors (Lipinski definition) is 15. The van der Waals surface area contributed by atoms with Crippen LogP contribution in [0.25, 0.3) is 0 Å². The summed E-state index contributed by atoms with van der Waals surface area (Å²) < 4.78 is 0. The van der Waals surface area contributed by atoms with Crippen molar-refractivity contribution in [3.63, 3.8) is 0 Å². The summed E-state index contributed by atoms with van der Waals surface area (Å²) >= 11 is 7.40. The van der Waals surface area contributed by atoms with Crippen molar-refractivity contribution in [1.29, 1.82) is 0 Å². The molecule has 1 aromatic carbocycles. The maximum Gasteiger partial charge on any atom is 0.326 e. The molecule has 1 aliphatic heterocycles. The van der Waals surface area contributed by atoms with Gasteiger partial charge < -0.3 is 52.7 Å². The topological polar surface area (TPSA) is 278 Å². The Morgan fingerprint density at radius 3 is 1.56 bits per heavy atom. The molecule has 1 fully saturated rings. The quantitative estimate of drug-likeness (QED) is 0.0480. The lowest BCUT2D eigenvalue weighted by molar-refractivity contribution is -0.143. The van der Waals surface area contributed by atoms with Gasteiger partial charge in [0, 0.05) is 13.0 Å². The Labute approximate surface area is 410 Å². The average molecular weight is 1020 g/mol. The Morgan fingerprint density at radius 1 is 0.621 bits per heavy atom. The number of aliphatic hydroxyl groups is 1. The van der Waals surface area contributed by atoms with E-state index in [-0.39, 0.29) is 38.6 Å². The molecule has 10 N–H and O–H groups in total. The number of carboxylic acids is 1. The minimum absolute atomic E-state index is 0.0447. The number of thioether (sulfide) groups is 5. The third-order valence-electron chi connectivity index (χ3n) is 10.7. The summed E-state index contributed by atoms with van der Waals surface area (Å²) in [5.74, 6) is -3.13. The Morgan fingerprint density at radius 2 is 1.06 bits per heavy atom. The Bertz CT molecular complexity index is 1720. The average Bonchev–Trinajstić information content (AvgIpc) is 3.80. The van der Waals surface area contributed by atoms with Gasteiger partial charge in [-0.3, -0.25) is 33.6 Å². The molecular formula is C43H70N8O10S5. The summed E-state index contributed by atoms with van der Waals surface area (Å²) in [5.41, 5.74) is 6.73. The van der Waals surface area contributed by atoms with E-state index in [0.717, 1.165) is 0 Å². The number of aliphatic carboxylic acids is 1. The molecule has 7 amide bonds. The number of benzene rings is 1. The Hall–Kier alpha value is -3.35. The minimum Gasteiger partial charge on any atom is -0.480 e. The highest BCUT2D eigenvalue weighted by Gasteiger charge is 2.40. The molecule has 0 radical (unpaired) electrons. The van der Waals surface area contributed by atoms with Gasteiger partial charge >= 0.3 is 5.97 Å². The second-order valence-corrected chi connectivity index (χ2v) is 20.7. The van der Waals surface area contributed by atoms with E-state index in [1.807, 2.05) is 31.3 Å². The molecule has 0 aliphatic carbocycles. The molecule has 372 valence electrons. The lowest BCUT2D eigenvalue weighted by atomic mass is 10.0. The van der Waals surface area contributed by atoms with Gasteiger partial charge in [0.2, 0.25) is 41.4 Å². The van der Waals surface area contributed by atoms with E-state index in [9.17, 15) is 48.6 Å². The smallest absolute Gasteiger partial charge is 0.326 e. The van der Waals surface area contributed by atoms with Gasteiger partial charge in [-0.2, -0.15) is 58.8 Å². The third kappa shape index (κ3) is 20.5. The normalized spacial score (nSPS) is 17.2. The number of hydrogen-bond donors (Lipinski definition) is 9. The van der Waals surface area contributed by atoms with Crippen molar-refractivity contribution in [3.05, 3.63) is 35.9 Å². The van der Waals surface area contributed by atoms with Crippen LogP contribution in [0.15, 0.2) is 30.3 Å². The fraction of sp³-hybridized carbons (Fsp3) is 0.674. The number of amides is 7. The molecular weight excluding hydrogens is 949 g/mol. The number of aliphatic hydroxyl groups excluding tert-OH is 1. The second-order valence-electron chi connectivity index (χ2n) is 15.8. The van der Waals surface area contributed by atoms with Crippen molar-refractivity contribution in [2.45, 2.75) is 113 Å². The summed E-state index contributed by atoms with van der Waals surface area (Å²) in [6.45, 7) is 1.47. The summed E-state index contributed by atoms with van der Waals surface area (Å²) in [4.78, 5) is 110. The van der Waals surface area contributed by atoms with Crippen molar-refractivity contribution in [2.75, 3.05) is 66.6 Å². The fourth-order valence-electron chi connectivity index (χ4n) is 6.95. The first-order valence-electron chi connectivity index (χ1n) is 21.8. The van der Waals surface area contributed by atoms with Crippen LogP contribution in [-0.4, -0.2) is 183 Å². The number of nitrogens with one attached hydrogen (secondary N) is 6. The van der Waals surface area contributed by atoms with Gasteiger partial charge in [0.1, 0.15) is 42.3 Å². The number of rotatable bonds is 32. The number of nitrogens with two attached hydrogens (primary N) is 1. The van der Waals surface area contributed by atoms with Gasteiger partial charge in [0.05, 0.1) is 12.1 Å². The van der Waals surface area contributed by atoms with Crippen LogP contribution in [0.2, 0.25) is 0 Å². The first-order valence-corrected chi connectivity index (χ1v) is 28.8. The van der Waals surface area contributed by atoms with E-state index in [4.69, 9.17) is 5.73 Å². The summed E-state index contributed by atoms with van der Waals surface area (Å²) in [6.07, 6.45) is 9.87. The first kappa shape index (κ1) is 58.8. The monoisotopic (exact) mass is 1020 g/mol. The minimum atomic E-state index is -1.56. The SMILES string of the molecule is CSCC[C@H](NC(=O)[C@H](CCSC)NC(=O)[C@@H](N)CCSC)C(=O)N[C@@H](CCSC)C(=O)N1CCC[C@H]1C(=O)N[C@@H](CCSC)C(=O)N[C@H](C(=O)N[C@@H](Cc1ccccc1)C(=O)O)[C@@H](C)O. The zero-order chi connectivity index (χ0) is 49.2. The molecule has 1 heterocycles. The van der Waals surface area contributed by atoms with Crippen LogP contribution in [0.4, 0.5) is 0 Å². The number of carbonyl (C=O) groups excluding carboxylic acids is 7. The molecule has 1 saturated heterocycles. The molecule has 0 bridgehead atoms. The van der Waals surface area contributed by atoms with Gasteiger partial charge in [0.25, 0.3) is 0 Å². The van der Waals surface area contributed by atoms with Crippen LogP contribution in [-0.2, 0) is 44.8 Å². The van der Waals surface area contributed by atoms with Crippen molar-refractivity contribution in [3.8, 4) is 0 Å². The molecule has 0 unspecified atom stereocenters. The summed E-state index contributed by atoms with van der Waals surface area (Å²) in [6, 6.07) is -0.334. The molecule has 0 aromatic heterocycles. The number of likely N-dealkylation sites (tertiary alicyclic amines) is 1. The predicted octanol–water partition coefficient (Wildman–Crippen LogP) is 0.687. The van der Waals surface area contributed by atoms with Gasteiger partial charge in [0.15, 0.2) is 0 Å². The van der Waals surface area contributed by atoms with E-state index in [1.54, 1.807) is 42.1 Å². The number of carbonyl (C=O) groups is 8. The zero-order valence-electron chi connectivity index (χ0n) is 38.7. The van der Waals surface area contributed by atoms with Gasteiger partial charge in [-0.1, -0.05) is 30.3 Å². The highest BCUT2D eigenvalue weighted by molar-refractivity contribution is 7.99. The van der Waals surface area contributed by atoms with Gasteiger partial charge in [-0.25, -0.2) is 4.79 Å².